The maximum Gasteiger partial charge on any atom is 0.163 e. The maximum atomic E-state index is 5.88. The van der Waals surface area contributed by atoms with Crippen LogP contribution in [-0.2, 0) is 0 Å². The third-order valence-electron chi connectivity index (χ3n) is 2.74. The van der Waals surface area contributed by atoms with Crippen LogP contribution in [0.25, 0.3) is 11.4 Å². The van der Waals surface area contributed by atoms with Gasteiger partial charge in [0.1, 0.15) is 11.6 Å². The number of thioether (sulfide) groups is 1. The second-order valence-electron chi connectivity index (χ2n) is 4.57. The molecule has 1 aromatic heterocycles. The van der Waals surface area contributed by atoms with Crippen LogP contribution in [0.3, 0.4) is 0 Å². The van der Waals surface area contributed by atoms with Gasteiger partial charge in [-0.1, -0.05) is 37.3 Å². The van der Waals surface area contributed by atoms with Crippen molar-refractivity contribution >= 4 is 23.4 Å². The summed E-state index contributed by atoms with van der Waals surface area (Å²) in [5.41, 5.74) is 6.85. The molecule has 0 aliphatic rings. The Morgan fingerprint density at radius 2 is 2.00 bits per heavy atom. The van der Waals surface area contributed by atoms with E-state index in [4.69, 9.17) is 5.73 Å². The van der Waals surface area contributed by atoms with E-state index < -0.39 is 0 Å². The first-order chi connectivity index (χ1) is 9.69. The van der Waals surface area contributed by atoms with Crippen LogP contribution in [0.2, 0.25) is 0 Å². The van der Waals surface area contributed by atoms with Gasteiger partial charge in [0.15, 0.2) is 5.82 Å². The number of aromatic nitrogens is 2. The van der Waals surface area contributed by atoms with Gasteiger partial charge in [-0.2, -0.15) is 11.8 Å². The van der Waals surface area contributed by atoms with Crippen LogP contribution in [0, 0.1) is 0 Å². The standard InChI is InChI=1S/C15H20N4S/c1-3-20-10-11(2)17-14-9-13(16)18-15(19-14)12-7-5-4-6-8-12/h4-9,11H,3,10H2,1-2H3,(H3,16,17,18,19). The Balaban J connectivity index is 2.17. The van der Waals surface area contributed by atoms with Crippen LogP contribution in [0.15, 0.2) is 36.4 Å². The predicted octanol–water partition coefficient (Wildman–Crippen LogP) is 3.28. The first kappa shape index (κ1) is 14.7. The Kier molecular flexibility index (Phi) is 5.24. The summed E-state index contributed by atoms with van der Waals surface area (Å²) in [6.07, 6.45) is 0. The molecule has 0 amide bonds. The van der Waals surface area contributed by atoms with E-state index in [0.29, 0.717) is 17.7 Å². The third-order valence-corrected chi connectivity index (χ3v) is 3.89. The van der Waals surface area contributed by atoms with Crippen molar-refractivity contribution in [3.05, 3.63) is 36.4 Å². The van der Waals surface area contributed by atoms with Gasteiger partial charge in [0, 0.05) is 23.4 Å². The molecule has 106 valence electrons. The number of rotatable bonds is 6. The number of nitrogen functional groups attached to an aromatic ring is 1. The Labute approximate surface area is 124 Å². The summed E-state index contributed by atoms with van der Waals surface area (Å²) in [4.78, 5) is 8.84. The van der Waals surface area contributed by atoms with Crippen LogP contribution in [0.4, 0.5) is 11.6 Å². The minimum absolute atomic E-state index is 0.345. The molecule has 1 heterocycles. The molecule has 0 bridgehead atoms. The van der Waals surface area contributed by atoms with Crippen LogP contribution in [-0.4, -0.2) is 27.5 Å². The average Bonchev–Trinajstić information content (AvgIpc) is 2.45. The molecule has 1 unspecified atom stereocenters. The highest BCUT2D eigenvalue weighted by Crippen LogP contribution is 2.19. The van der Waals surface area contributed by atoms with Gasteiger partial charge in [0.25, 0.3) is 0 Å². The van der Waals surface area contributed by atoms with Crippen LogP contribution in [0.5, 0.6) is 0 Å². The molecule has 2 aromatic rings. The fourth-order valence-electron chi connectivity index (χ4n) is 1.85. The molecule has 4 nitrogen and oxygen atoms in total. The van der Waals surface area contributed by atoms with Crippen molar-refractivity contribution in [1.29, 1.82) is 0 Å². The molecule has 0 aliphatic carbocycles. The van der Waals surface area contributed by atoms with Gasteiger partial charge in [0.05, 0.1) is 0 Å². The molecule has 0 spiro atoms. The van der Waals surface area contributed by atoms with Crippen LogP contribution >= 0.6 is 11.8 Å². The number of nitrogens with zero attached hydrogens (tertiary/aromatic N) is 2. The fraction of sp³-hybridized carbons (Fsp3) is 0.333. The lowest BCUT2D eigenvalue weighted by molar-refractivity contribution is 0.900. The molecule has 1 aromatic carbocycles. The molecule has 2 rings (SSSR count). The highest BCUT2D eigenvalue weighted by Gasteiger charge is 2.07. The Bertz CT molecular complexity index is 545. The highest BCUT2D eigenvalue weighted by molar-refractivity contribution is 7.99. The van der Waals surface area contributed by atoms with E-state index in [9.17, 15) is 0 Å². The van der Waals surface area contributed by atoms with Gasteiger partial charge in [-0.15, -0.1) is 0 Å². The highest BCUT2D eigenvalue weighted by atomic mass is 32.2. The maximum absolute atomic E-state index is 5.88. The summed E-state index contributed by atoms with van der Waals surface area (Å²) in [5, 5.41) is 3.38. The van der Waals surface area contributed by atoms with E-state index in [1.165, 1.54) is 0 Å². The van der Waals surface area contributed by atoms with Crippen molar-refractivity contribution in [3.63, 3.8) is 0 Å². The lowest BCUT2D eigenvalue weighted by Gasteiger charge is -2.14. The minimum Gasteiger partial charge on any atom is -0.384 e. The van der Waals surface area contributed by atoms with Crippen molar-refractivity contribution < 1.29 is 0 Å². The molecule has 1 atom stereocenters. The minimum atomic E-state index is 0.345. The quantitative estimate of drug-likeness (QED) is 0.854. The van der Waals surface area contributed by atoms with E-state index in [2.05, 4.69) is 29.1 Å². The Morgan fingerprint density at radius 1 is 1.25 bits per heavy atom. The second-order valence-corrected chi connectivity index (χ2v) is 5.89. The number of anilines is 2. The summed E-state index contributed by atoms with van der Waals surface area (Å²) in [5.74, 6) is 4.08. The molecule has 0 saturated carbocycles. The largest absolute Gasteiger partial charge is 0.384 e. The first-order valence-electron chi connectivity index (χ1n) is 6.73. The van der Waals surface area contributed by atoms with Gasteiger partial charge in [-0.3, -0.25) is 0 Å². The molecule has 20 heavy (non-hydrogen) atoms. The Hall–Kier alpha value is -1.75. The fourth-order valence-corrected chi connectivity index (χ4v) is 2.52. The topological polar surface area (TPSA) is 63.8 Å². The van der Waals surface area contributed by atoms with Crippen LogP contribution in [0.1, 0.15) is 13.8 Å². The number of benzene rings is 1. The van der Waals surface area contributed by atoms with Gasteiger partial charge in [-0.05, 0) is 12.7 Å². The van der Waals surface area contributed by atoms with Crippen molar-refractivity contribution in [2.75, 3.05) is 22.6 Å². The zero-order chi connectivity index (χ0) is 14.4. The monoisotopic (exact) mass is 288 g/mol. The van der Waals surface area contributed by atoms with Gasteiger partial charge in [0.2, 0.25) is 0 Å². The first-order valence-corrected chi connectivity index (χ1v) is 7.88. The van der Waals surface area contributed by atoms with Gasteiger partial charge >= 0.3 is 0 Å². The van der Waals surface area contributed by atoms with E-state index in [1.54, 1.807) is 6.07 Å². The normalized spacial score (nSPS) is 12.1. The average molecular weight is 288 g/mol. The summed E-state index contributed by atoms with van der Waals surface area (Å²) >= 11 is 1.90. The lowest BCUT2D eigenvalue weighted by Crippen LogP contribution is -2.19. The van der Waals surface area contributed by atoms with Crippen molar-refractivity contribution in [2.24, 2.45) is 0 Å². The van der Waals surface area contributed by atoms with Gasteiger partial charge < -0.3 is 11.1 Å². The van der Waals surface area contributed by atoms with Crippen molar-refractivity contribution in [3.8, 4) is 11.4 Å². The summed E-state index contributed by atoms with van der Waals surface area (Å²) in [7, 11) is 0. The van der Waals surface area contributed by atoms with Crippen molar-refractivity contribution in [2.45, 2.75) is 19.9 Å². The number of hydrogen-bond acceptors (Lipinski definition) is 5. The zero-order valence-corrected chi connectivity index (χ0v) is 12.7. The number of nitrogens with one attached hydrogen (secondary N) is 1. The van der Waals surface area contributed by atoms with E-state index in [0.717, 1.165) is 22.9 Å². The molecule has 0 saturated heterocycles. The third kappa shape index (κ3) is 4.13. The summed E-state index contributed by atoms with van der Waals surface area (Å²) in [6.45, 7) is 4.30. The second kappa shape index (κ2) is 7.14. The molecule has 0 fully saturated rings. The predicted molar refractivity (Wildman–Crippen MR) is 88.0 cm³/mol. The molecular weight excluding hydrogens is 268 g/mol. The molecular formula is C15H20N4S. The molecule has 0 radical (unpaired) electrons. The van der Waals surface area contributed by atoms with Crippen LogP contribution < -0.4 is 11.1 Å². The zero-order valence-electron chi connectivity index (χ0n) is 11.8. The smallest absolute Gasteiger partial charge is 0.163 e. The SMILES string of the molecule is CCSCC(C)Nc1cc(N)nc(-c2ccccc2)n1. The van der Waals surface area contributed by atoms with E-state index >= 15 is 0 Å². The summed E-state index contributed by atoms with van der Waals surface area (Å²) < 4.78 is 0. The van der Waals surface area contributed by atoms with E-state index in [1.807, 2.05) is 42.1 Å². The number of hydrogen-bond donors (Lipinski definition) is 2. The number of nitrogens with two attached hydrogens (primary N) is 1. The lowest BCUT2D eigenvalue weighted by atomic mass is 10.2. The Morgan fingerprint density at radius 3 is 2.70 bits per heavy atom. The van der Waals surface area contributed by atoms with Gasteiger partial charge in [-0.25, -0.2) is 9.97 Å². The molecule has 5 heteroatoms. The molecule has 3 N–H and O–H groups in total. The molecule has 0 aliphatic heterocycles. The van der Waals surface area contributed by atoms with E-state index in [-0.39, 0.29) is 0 Å². The van der Waals surface area contributed by atoms with Crippen molar-refractivity contribution in [1.82, 2.24) is 9.97 Å². The summed E-state index contributed by atoms with van der Waals surface area (Å²) in [6, 6.07) is 12.0.